The van der Waals surface area contributed by atoms with Crippen LogP contribution in [0.3, 0.4) is 0 Å². The lowest BCUT2D eigenvalue weighted by atomic mass is 10.2. The van der Waals surface area contributed by atoms with Gasteiger partial charge in [-0.3, -0.25) is 0 Å². The summed E-state index contributed by atoms with van der Waals surface area (Å²) in [6.45, 7) is 1.40. The number of hydrogen-bond donors (Lipinski definition) is 0. The van der Waals surface area contributed by atoms with Crippen LogP contribution in [0, 0.1) is 0 Å². The molecule has 0 heterocycles. The Balaban J connectivity index is 2.14. The summed E-state index contributed by atoms with van der Waals surface area (Å²) in [5, 5.41) is 8.05. The first kappa shape index (κ1) is 13.7. The second-order valence-corrected chi connectivity index (χ2v) is 3.88. The van der Waals surface area contributed by atoms with E-state index in [1.54, 1.807) is 43.5 Å². The van der Waals surface area contributed by atoms with E-state index >= 15 is 0 Å². The first-order chi connectivity index (χ1) is 9.83. The van der Waals surface area contributed by atoms with Gasteiger partial charge in [-0.05, 0) is 24.3 Å². The van der Waals surface area contributed by atoms with Crippen LogP contribution in [0.1, 0.15) is 11.8 Å². The fourth-order valence-corrected chi connectivity index (χ4v) is 1.59. The molecule has 0 spiro atoms. The molecule has 0 N–H and O–H groups in total. The molecule has 5 heteroatoms. The summed E-state index contributed by atoms with van der Waals surface area (Å²) in [5.41, 5.74) is 1.37. The molecule has 2 rings (SSSR count). The highest BCUT2D eigenvalue weighted by molar-refractivity contribution is 5.41. The third-order valence-electron chi connectivity index (χ3n) is 2.59. The Morgan fingerprint density at radius 2 is 1.75 bits per heavy atom. The molecule has 2 aromatic carbocycles. The third kappa shape index (κ3) is 3.65. The second-order valence-electron chi connectivity index (χ2n) is 3.88. The highest BCUT2D eigenvalue weighted by atomic mass is 16.5. The molecule has 0 aliphatic carbocycles. The summed E-state index contributed by atoms with van der Waals surface area (Å²) in [5.74, 6) is 0.737. The fraction of sp³-hybridized carbons (Fsp3) is 0.133. The maximum Gasteiger partial charge on any atom is 0.419 e. The number of ether oxygens (including phenoxy) is 2. The predicted octanol–water partition coefficient (Wildman–Crippen LogP) is 3.56. The number of azo groups is 1. The van der Waals surface area contributed by atoms with Crippen molar-refractivity contribution in [2.45, 2.75) is 6.23 Å². The smallest absolute Gasteiger partial charge is 0.419 e. The second kappa shape index (κ2) is 7.04. The first-order valence-electron chi connectivity index (χ1n) is 5.96. The van der Waals surface area contributed by atoms with Gasteiger partial charge in [0, 0.05) is 5.56 Å². The number of carbonyl (C=O) groups excluding carboxylic acids is 1. The zero-order valence-corrected chi connectivity index (χ0v) is 10.9. The molecule has 1 unspecified atom stereocenters. The maximum absolute atomic E-state index is 10.4. The van der Waals surface area contributed by atoms with E-state index in [0.717, 1.165) is 11.3 Å². The topological polar surface area (TPSA) is 60.3 Å². The highest BCUT2D eigenvalue weighted by Gasteiger charge is 2.10. The van der Waals surface area contributed by atoms with Crippen LogP contribution in [0.25, 0.3) is 0 Å². The zero-order valence-electron chi connectivity index (χ0n) is 10.9. The van der Waals surface area contributed by atoms with Crippen LogP contribution in [0.4, 0.5) is 5.69 Å². The lowest BCUT2D eigenvalue weighted by Crippen LogP contribution is -1.98. The Labute approximate surface area is 116 Å². The van der Waals surface area contributed by atoms with E-state index in [-0.39, 0.29) is 0 Å². The third-order valence-corrected chi connectivity index (χ3v) is 2.59. The molecule has 0 saturated carbocycles. The van der Waals surface area contributed by atoms with Crippen LogP contribution in [-0.4, -0.2) is 13.6 Å². The largest absolute Gasteiger partial charge is 0.497 e. The molecular weight excluding hydrogens is 256 g/mol. The molecule has 1 radical (unpaired) electrons. The van der Waals surface area contributed by atoms with Crippen molar-refractivity contribution in [1.82, 2.24) is 0 Å². The standard InChI is InChI=1S/C15H13N2O3/c1-19-14-9-7-13(8-10-14)16-17-15(20-11-18)12-5-3-2-4-6-12/h2-10,15H,1H3. The fourth-order valence-electron chi connectivity index (χ4n) is 1.59. The van der Waals surface area contributed by atoms with Gasteiger partial charge in [-0.1, -0.05) is 30.3 Å². The monoisotopic (exact) mass is 269 g/mol. The van der Waals surface area contributed by atoms with E-state index < -0.39 is 6.23 Å². The molecule has 0 aliphatic heterocycles. The van der Waals surface area contributed by atoms with Gasteiger partial charge in [0.15, 0.2) is 0 Å². The lowest BCUT2D eigenvalue weighted by molar-refractivity contribution is 0.181. The molecule has 0 bridgehead atoms. The molecule has 0 amide bonds. The Kier molecular flexibility index (Phi) is 4.83. The Morgan fingerprint density at radius 3 is 2.35 bits per heavy atom. The molecular formula is C15H13N2O3. The van der Waals surface area contributed by atoms with Gasteiger partial charge in [-0.25, -0.2) is 4.79 Å². The first-order valence-corrected chi connectivity index (χ1v) is 5.96. The van der Waals surface area contributed by atoms with Crippen molar-refractivity contribution < 1.29 is 14.3 Å². The SMILES string of the molecule is COc1ccc(N=NC(O[C]=O)c2ccccc2)cc1. The van der Waals surface area contributed by atoms with Gasteiger partial charge in [-0.15, -0.1) is 5.11 Å². The van der Waals surface area contributed by atoms with E-state index in [4.69, 9.17) is 9.47 Å². The Hall–Kier alpha value is -2.69. The van der Waals surface area contributed by atoms with Gasteiger partial charge in [0.2, 0.25) is 6.23 Å². The molecule has 20 heavy (non-hydrogen) atoms. The van der Waals surface area contributed by atoms with Crippen molar-refractivity contribution in [3.05, 3.63) is 60.2 Å². The summed E-state index contributed by atoms with van der Waals surface area (Å²) in [6.07, 6.45) is -0.796. The van der Waals surface area contributed by atoms with Crippen molar-refractivity contribution >= 4 is 12.2 Å². The van der Waals surface area contributed by atoms with Gasteiger partial charge in [0.05, 0.1) is 12.8 Å². The van der Waals surface area contributed by atoms with E-state index in [0.29, 0.717) is 5.69 Å². The summed E-state index contributed by atoms with van der Waals surface area (Å²) >= 11 is 0. The quantitative estimate of drug-likeness (QED) is 0.753. The highest BCUT2D eigenvalue weighted by Crippen LogP contribution is 2.23. The van der Waals surface area contributed by atoms with Crippen molar-refractivity contribution in [1.29, 1.82) is 0 Å². The van der Waals surface area contributed by atoms with Crippen LogP contribution in [0.5, 0.6) is 5.75 Å². The summed E-state index contributed by atoms with van der Waals surface area (Å²) in [7, 11) is 1.59. The number of methoxy groups -OCH3 is 1. The summed E-state index contributed by atoms with van der Waals surface area (Å²) in [4.78, 5) is 10.4. The average molecular weight is 269 g/mol. The summed E-state index contributed by atoms with van der Waals surface area (Å²) in [6, 6.07) is 16.2. The van der Waals surface area contributed by atoms with E-state index in [1.165, 1.54) is 6.47 Å². The van der Waals surface area contributed by atoms with E-state index in [9.17, 15) is 4.79 Å². The average Bonchev–Trinajstić information content (AvgIpc) is 2.53. The normalized spacial score (nSPS) is 12.1. The number of benzene rings is 2. The minimum absolute atomic E-state index is 0.640. The molecule has 5 nitrogen and oxygen atoms in total. The van der Waals surface area contributed by atoms with Gasteiger partial charge >= 0.3 is 6.47 Å². The molecule has 1 atom stereocenters. The van der Waals surface area contributed by atoms with Crippen LogP contribution < -0.4 is 4.74 Å². The molecule has 2 aromatic rings. The van der Waals surface area contributed by atoms with Gasteiger partial charge < -0.3 is 9.47 Å². The van der Waals surface area contributed by atoms with E-state index in [1.807, 2.05) is 18.2 Å². The maximum atomic E-state index is 10.4. The molecule has 0 saturated heterocycles. The van der Waals surface area contributed by atoms with E-state index in [2.05, 4.69) is 10.2 Å². The number of hydrogen-bond acceptors (Lipinski definition) is 5. The van der Waals surface area contributed by atoms with Crippen molar-refractivity contribution in [2.24, 2.45) is 10.2 Å². The number of nitrogens with zero attached hydrogens (tertiary/aromatic N) is 2. The number of rotatable bonds is 6. The van der Waals surface area contributed by atoms with Crippen LogP contribution >= 0.6 is 0 Å². The predicted molar refractivity (Wildman–Crippen MR) is 73.5 cm³/mol. The Bertz CT molecular complexity index is 567. The zero-order chi connectivity index (χ0) is 14.2. The Morgan fingerprint density at radius 1 is 1.05 bits per heavy atom. The minimum atomic E-state index is -0.796. The van der Waals surface area contributed by atoms with Crippen molar-refractivity contribution in [3.8, 4) is 5.75 Å². The van der Waals surface area contributed by atoms with Crippen LogP contribution in [-0.2, 0) is 9.53 Å². The van der Waals surface area contributed by atoms with Crippen LogP contribution in [0.2, 0.25) is 0 Å². The van der Waals surface area contributed by atoms with Gasteiger partial charge in [-0.2, -0.15) is 5.11 Å². The molecule has 0 aliphatic rings. The van der Waals surface area contributed by atoms with Crippen molar-refractivity contribution in [2.75, 3.05) is 7.11 Å². The summed E-state index contributed by atoms with van der Waals surface area (Å²) < 4.78 is 9.86. The van der Waals surface area contributed by atoms with Crippen LogP contribution in [0.15, 0.2) is 64.8 Å². The molecule has 0 aromatic heterocycles. The minimum Gasteiger partial charge on any atom is -0.497 e. The lowest BCUT2D eigenvalue weighted by Gasteiger charge is -2.08. The van der Waals surface area contributed by atoms with Gasteiger partial charge in [0.1, 0.15) is 5.75 Å². The molecule has 101 valence electrons. The molecule has 0 fully saturated rings. The van der Waals surface area contributed by atoms with Crippen molar-refractivity contribution in [3.63, 3.8) is 0 Å². The van der Waals surface area contributed by atoms with Gasteiger partial charge in [0.25, 0.3) is 0 Å².